The summed E-state index contributed by atoms with van der Waals surface area (Å²) in [6, 6.07) is 5.62. The Bertz CT molecular complexity index is 364. The van der Waals surface area contributed by atoms with Gasteiger partial charge in [-0.2, -0.15) is 0 Å². The summed E-state index contributed by atoms with van der Waals surface area (Å²) in [5.41, 5.74) is 1.07. The smallest absolute Gasteiger partial charge is 0.0685 e. The lowest BCUT2D eigenvalue weighted by Gasteiger charge is -2.17. The maximum Gasteiger partial charge on any atom is 0.0685 e. The van der Waals surface area contributed by atoms with E-state index in [0.29, 0.717) is 14.6 Å². The molecule has 0 nitrogen and oxygen atoms in total. The molecule has 0 N–H and O–H groups in total. The van der Waals surface area contributed by atoms with Crippen LogP contribution in [-0.4, -0.2) is 16.1 Å². The molecule has 2 rings (SSSR count). The van der Waals surface area contributed by atoms with Gasteiger partial charge in [-0.25, -0.2) is 0 Å². The molecule has 1 aliphatic heterocycles. The highest BCUT2D eigenvalue weighted by Crippen LogP contribution is 2.32. The molecule has 1 aromatic rings. The first-order chi connectivity index (χ1) is 7.74. The first kappa shape index (κ1) is 12.7. The average Bonchev–Trinajstić information content (AvgIpc) is 2.27. The Labute approximate surface area is 115 Å². The third-order valence-corrected chi connectivity index (χ3v) is 5.46. The van der Waals surface area contributed by atoms with Crippen LogP contribution < -0.4 is 0 Å². The Morgan fingerprint density at radius 2 is 1.69 bits per heavy atom. The van der Waals surface area contributed by atoms with Crippen LogP contribution in [0.4, 0.5) is 0 Å². The lowest BCUT2D eigenvalue weighted by molar-refractivity contribution is 1.11. The summed E-state index contributed by atoms with van der Waals surface area (Å²) in [4.78, 5) is 0. The molecule has 0 saturated carbocycles. The second-order valence-electron chi connectivity index (χ2n) is 3.53. The van der Waals surface area contributed by atoms with Gasteiger partial charge in [0, 0.05) is 10.0 Å². The van der Waals surface area contributed by atoms with Crippen molar-refractivity contribution in [2.75, 3.05) is 11.5 Å². The van der Waals surface area contributed by atoms with Crippen LogP contribution in [0.25, 0.3) is 6.08 Å². The molecule has 0 atom stereocenters. The van der Waals surface area contributed by atoms with Gasteiger partial charge in [0.25, 0.3) is 0 Å². The number of hydrogen-bond donors (Lipinski definition) is 0. The van der Waals surface area contributed by atoms with Crippen molar-refractivity contribution in [1.82, 2.24) is 0 Å². The molecule has 1 aromatic carbocycles. The quantitative estimate of drug-likeness (QED) is 0.734. The third-order valence-electron chi connectivity index (χ3n) is 2.18. The highest BCUT2D eigenvalue weighted by atomic mass is 35.5. The molecule has 1 saturated heterocycles. The van der Waals surface area contributed by atoms with Crippen LogP contribution in [-0.2, 0) is 0 Å². The first-order valence-electron chi connectivity index (χ1n) is 5.11. The van der Waals surface area contributed by atoms with Gasteiger partial charge in [0.2, 0.25) is 0 Å². The van der Waals surface area contributed by atoms with E-state index in [9.17, 15) is 0 Å². The Balaban J connectivity index is 2.04. The molecular formula is C12H12Cl2S2. The minimum absolute atomic E-state index is 0.575. The van der Waals surface area contributed by atoms with E-state index >= 15 is 0 Å². The maximum absolute atomic E-state index is 5.94. The highest BCUT2D eigenvalue weighted by molar-refractivity contribution is 8.17. The van der Waals surface area contributed by atoms with Gasteiger partial charge in [-0.15, -0.1) is 23.5 Å². The van der Waals surface area contributed by atoms with Gasteiger partial charge in [0.1, 0.15) is 0 Å². The van der Waals surface area contributed by atoms with E-state index in [4.69, 9.17) is 23.2 Å². The summed E-state index contributed by atoms with van der Waals surface area (Å²) in [6.07, 6.45) is 5.66. The molecule has 1 heterocycles. The van der Waals surface area contributed by atoms with E-state index in [1.165, 1.54) is 17.9 Å². The predicted molar refractivity (Wildman–Crippen MR) is 78.8 cm³/mol. The molecule has 1 aliphatic rings. The van der Waals surface area contributed by atoms with Gasteiger partial charge in [0.05, 0.1) is 4.58 Å². The van der Waals surface area contributed by atoms with Crippen molar-refractivity contribution in [2.45, 2.75) is 11.0 Å². The van der Waals surface area contributed by atoms with Crippen molar-refractivity contribution in [2.24, 2.45) is 0 Å². The van der Waals surface area contributed by atoms with Crippen molar-refractivity contribution < 1.29 is 0 Å². The monoisotopic (exact) mass is 290 g/mol. The number of thioether (sulfide) groups is 2. The second kappa shape index (κ2) is 6.25. The van der Waals surface area contributed by atoms with Gasteiger partial charge < -0.3 is 0 Å². The second-order valence-corrected chi connectivity index (χ2v) is 7.20. The molecule has 0 bridgehead atoms. The molecule has 86 valence electrons. The topological polar surface area (TPSA) is 0 Å². The number of hydrogen-bond acceptors (Lipinski definition) is 2. The highest BCUT2D eigenvalue weighted by Gasteiger charge is 2.10. The zero-order valence-electron chi connectivity index (χ0n) is 8.66. The van der Waals surface area contributed by atoms with Crippen LogP contribution in [0, 0.1) is 0 Å². The van der Waals surface area contributed by atoms with Crippen molar-refractivity contribution in [3.05, 3.63) is 39.9 Å². The molecule has 0 radical (unpaired) electrons. The van der Waals surface area contributed by atoms with Crippen LogP contribution in [0.15, 0.2) is 24.3 Å². The third kappa shape index (κ3) is 3.92. The Morgan fingerprint density at radius 1 is 1.06 bits per heavy atom. The molecule has 0 amide bonds. The number of benzene rings is 1. The van der Waals surface area contributed by atoms with Gasteiger partial charge in [-0.1, -0.05) is 35.4 Å². The van der Waals surface area contributed by atoms with E-state index in [2.05, 4.69) is 12.2 Å². The summed E-state index contributed by atoms with van der Waals surface area (Å²) in [5, 5.41) is 1.38. The lowest BCUT2D eigenvalue weighted by Crippen LogP contribution is -2.02. The van der Waals surface area contributed by atoms with Gasteiger partial charge in [-0.3, -0.25) is 0 Å². The minimum atomic E-state index is 0.575. The van der Waals surface area contributed by atoms with Gasteiger partial charge >= 0.3 is 0 Å². The average molecular weight is 291 g/mol. The van der Waals surface area contributed by atoms with E-state index in [1.54, 1.807) is 6.07 Å². The molecular weight excluding hydrogens is 279 g/mol. The molecule has 0 spiro atoms. The van der Waals surface area contributed by atoms with E-state index < -0.39 is 0 Å². The molecule has 0 aliphatic carbocycles. The Kier molecular flexibility index (Phi) is 4.96. The Hall–Kier alpha value is 0.240. The normalized spacial score (nSPS) is 18.1. The minimum Gasteiger partial charge on any atom is -0.143 e. The SMILES string of the molecule is Clc1cc(Cl)cc(C=CC2SCCCS2)c1. The fourth-order valence-corrected chi connectivity index (χ4v) is 4.63. The van der Waals surface area contributed by atoms with Gasteiger partial charge in [-0.05, 0) is 41.7 Å². The standard InChI is InChI=1S/C12H12Cl2S2/c13-10-6-9(7-11(14)8-10)2-3-12-15-4-1-5-16-12/h2-3,6-8,12H,1,4-5H2. The van der Waals surface area contributed by atoms with E-state index in [-0.39, 0.29) is 0 Å². The number of halogens is 2. The van der Waals surface area contributed by atoms with Crippen LogP contribution in [0.1, 0.15) is 12.0 Å². The predicted octanol–water partition coefficient (Wildman–Crippen LogP) is 5.20. The molecule has 16 heavy (non-hydrogen) atoms. The van der Waals surface area contributed by atoms with Crippen molar-refractivity contribution in [3.8, 4) is 0 Å². The fourth-order valence-electron chi connectivity index (χ4n) is 1.48. The summed E-state index contributed by atoms with van der Waals surface area (Å²) >= 11 is 15.9. The van der Waals surface area contributed by atoms with E-state index in [0.717, 1.165) is 5.56 Å². The molecule has 0 unspecified atom stereocenters. The molecule has 1 fully saturated rings. The maximum atomic E-state index is 5.94. The van der Waals surface area contributed by atoms with Crippen LogP contribution in [0.2, 0.25) is 10.0 Å². The van der Waals surface area contributed by atoms with Crippen LogP contribution in [0.3, 0.4) is 0 Å². The summed E-state index contributed by atoms with van der Waals surface area (Å²) < 4.78 is 0.575. The van der Waals surface area contributed by atoms with Gasteiger partial charge in [0.15, 0.2) is 0 Å². The first-order valence-corrected chi connectivity index (χ1v) is 7.97. The lowest BCUT2D eigenvalue weighted by atomic mass is 10.2. The summed E-state index contributed by atoms with van der Waals surface area (Å²) in [7, 11) is 0. The van der Waals surface area contributed by atoms with Crippen molar-refractivity contribution in [1.29, 1.82) is 0 Å². The zero-order chi connectivity index (χ0) is 11.4. The molecule has 4 heteroatoms. The van der Waals surface area contributed by atoms with Crippen molar-refractivity contribution >= 4 is 52.8 Å². The summed E-state index contributed by atoms with van der Waals surface area (Å²) in [5.74, 6) is 2.52. The van der Waals surface area contributed by atoms with Crippen molar-refractivity contribution in [3.63, 3.8) is 0 Å². The summed E-state index contributed by atoms with van der Waals surface area (Å²) in [6.45, 7) is 0. The van der Waals surface area contributed by atoms with Crippen LogP contribution >= 0.6 is 46.7 Å². The number of rotatable bonds is 2. The zero-order valence-corrected chi connectivity index (χ0v) is 11.8. The molecule has 0 aromatic heterocycles. The fraction of sp³-hybridized carbons (Fsp3) is 0.333. The largest absolute Gasteiger partial charge is 0.143 e. The van der Waals surface area contributed by atoms with E-state index in [1.807, 2.05) is 35.7 Å². The van der Waals surface area contributed by atoms with Crippen LogP contribution in [0.5, 0.6) is 0 Å². The Morgan fingerprint density at radius 3 is 2.31 bits per heavy atom.